The fourth-order valence-electron chi connectivity index (χ4n) is 2.79. The number of hydrogen-bond donors (Lipinski definition) is 1. The van der Waals surface area contributed by atoms with Gasteiger partial charge in [0, 0.05) is 23.8 Å². The molecule has 0 radical (unpaired) electrons. The van der Waals surface area contributed by atoms with Gasteiger partial charge in [-0.15, -0.1) is 0 Å². The summed E-state index contributed by atoms with van der Waals surface area (Å²) in [5.74, 6) is 0.963. The Balaban J connectivity index is 1.95. The van der Waals surface area contributed by atoms with Gasteiger partial charge in [-0.1, -0.05) is 13.3 Å². The van der Waals surface area contributed by atoms with Crippen LogP contribution >= 0.6 is 15.9 Å². The van der Waals surface area contributed by atoms with Crippen molar-refractivity contribution in [2.24, 2.45) is 5.92 Å². The number of aromatic amines is 1. The summed E-state index contributed by atoms with van der Waals surface area (Å²) >= 11 is 3.36. The van der Waals surface area contributed by atoms with Crippen LogP contribution in [0.5, 0.6) is 0 Å². The summed E-state index contributed by atoms with van der Waals surface area (Å²) < 4.78 is 0.925. The lowest BCUT2D eigenvalue weighted by atomic mass is 9.84. The summed E-state index contributed by atoms with van der Waals surface area (Å²) in [4.78, 5) is 17.2. The predicted molar refractivity (Wildman–Crippen MR) is 76.6 cm³/mol. The van der Waals surface area contributed by atoms with E-state index in [9.17, 15) is 4.79 Å². The van der Waals surface area contributed by atoms with E-state index in [-0.39, 0.29) is 5.91 Å². The van der Waals surface area contributed by atoms with Gasteiger partial charge in [0.1, 0.15) is 5.69 Å². The Morgan fingerprint density at radius 3 is 2.61 bits per heavy atom. The molecule has 1 aromatic heterocycles. The average molecular weight is 313 g/mol. The molecule has 0 saturated heterocycles. The summed E-state index contributed by atoms with van der Waals surface area (Å²) in [5, 5.41) is 0. The third-order valence-electron chi connectivity index (χ3n) is 4.14. The van der Waals surface area contributed by atoms with Crippen molar-refractivity contribution < 1.29 is 4.79 Å². The molecule has 0 bridgehead atoms. The summed E-state index contributed by atoms with van der Waals surface area (Å²) in [6.07, 6.45) is 7.87. The van der Waals surface area contributed by atoms with Crippen LogP contribution in [0.15, 0.2) is 16.7 Å². The lowest BCUT2D eigenvalue weighted by molar-refractivity contribution is 0.0669. The average Bonchev–Trinajstić information content (AvgIpc) is 2.84. The third kappa shape index (κ3) is 2.97. The van der Waals surface area contributed by atoms with Gasteiger partial charge in [0.2, 0.25) is 0 Å². The molecule has 0 atom stereocenters. The fourth-order valence-corrected chi connectivity index (χ4v) is 3.13. The number of aromatic nitrogens is 1. The zero-order valence-electron chi connectivity index (χ0n) is 11.1. The summed E-state index contributed by atoms with van der Waals surface area (Å²) in [6, 6.07) is 2.25. The molecule has 0 spiro atoms. The topological polar surface area (TPSA) is 36.1 Å². The van der Waals surface area contributed by atoms with Crippen LogP contribution in [0.25, 0.3) is 0 Å². The Kier molecular flexibility index (Phi) is 4.49. The lowest BCUT2D eigenvalue weighted by Crippen LogP contribution is -2.39. The van der Waals surface area contributed by atoms with Crippen LogP contribution in [0, 0.1) is 5.92 Å². The van der Waals surface area contributed by atoms with E-state index in [1.807, 2.05) is 18.0 Å². The molecule has 0 aliphatic heterocycles. The molecule has 4 heteroatoms. The molecule has 1 aliphatic rings. The minimum Gasteiger partial charge on any atom is -0.356 e. The molecule has 1 N–H and O–H groups in total. The van der Waals surface area contributed by atoms with E-state index in [1.165, 1.54) is 19.3 Å². The highest BCUT2D eigenvalue weighted by Crippen LogP contribution is 2.29. The lowest BCUT2D eigenvalue weighted by Gasteiger charge is -2.34. The zero-order valence-corrected chi connectivity index (χ0v) is 12.7. The first kappa shape index (κ1) is 13.7. The number of nitrogens with one attached hydrogen (secondary N) is 1. The molecule has 100 valence electrons. The normalized spacial score (nSPS) is 23.9. The molecule has 1 heterocycles. The monoisotopic (exact) mass is 312 g/mol. The van der Waals surface area contributed by atoms with Gasteiger partial charge in [-0.2, -0.15) is 0 Å². The van der Waals surface area contributed by atoms with Crippen LogP contribution in [0.1, 0.15) is 49.5 Å². The Hall–Kier alpha value is -0.770. The third-order valence-corrected chi connectivity index (χ3v) is 4.60. The van der Waals surface area contributed by atoms with Crippen LogP contribution in [0.4, 0.5) is 0 Å². The van der Waals surface area contributed by atoms with Crippen LogP contribution in [0.2, 0.25) is 0 Å². The summed E-state index contributed by atoms with van der Waals surface area (Å²) in [7, 11) is 1.92. The highest BCUT2D eigenvalue weighted by Gasteiger charge is 2.26. The smallest absolute Gasteiger partial charge is 0.270 e. The molecular formula is C14H21BrN2O. The summed E-state index contributed by atoms with van der Waals surface area (Å²) in [6.45, 7) is 2.26. The second kappa shape index (κ2) is 5.91. The fraction of sp³-hybridized carbons (Fsp3) is 0.643. The van der Waals surface area contributed by atoms with Crippen LogP contribution < -0.4 is 0 Å². The van der Waals surface area contributed by atoms with Crippen molar-refractivity contribution in [1.82, 2.24) is 9.88 Å². The van der Waals surface area contributed by atoms with Gasteiger partial charge in [0.25, 0.3) is 5.91 Å². The maximum absolute atomic E-state index is 12.3. The molecular weight excluding hydrogens is 292 g/mol. The van der Waals surface area contributed by atoms with Crippen LogP contribution in [-0.4, -0.2) is 28.9 Å². The molecule has 0 unspecified atom stereocenters. The molecule has 1 amide bonds. The largest absolute Gasteiger partial charge is 0.356 e. The first-order chi connectivity index (χ1) is 8.61. The number of carbonyl (C=O) groups is 1. The van der Waals surface area contributed by atoms with Gasteiger partial charge in [0.05, 0.1) is 0 Å². The highest BCUT2D eigenvalue weighted by molar-refractivity contribution is 9.10. The molecule has 0 aromatic carbocycles. The van der Waals surface area contributed by atoms with E-state index < -0.39 is 0 Å². The van der Waals surface area contributed by atoms with E-state index in [1.54, 1.807) is 6.20 Å². The number of carbonyl (C=O) groups excluding carboxylic acids is 1. The first-order valence-electron chi connectivity index (χ1n) is 6.73. The second-order valence-electron chi connectivity index (χ2n) is 5.23. The van der Waals surface area contributed by atoms with Crippen molar-refractivity contribution in [3.05, 3.63) is 22.4 Å². The van der Waals surface area contributed by atoms with E-state index >= 15 is 0 Å². The van der Waals surface area contributed by atoms with Crippen molar-refractivity contribution in [1.29, 1.82) is 0 Å². The number of H-pyrrole nitrogens is 1. The molecule has 1 aromatic rings. The standard InChI is InChI=1S/C14H21BrN2O/c1-3-10-4-6-12(7-5-10)17(2)14(18)13-8-11(15)9-16-13/h8-10,12,16H,3-7H2,1-2H3. The maximum Gasteiger partial charge on any atom is 0.270 e. The van der Waals surface area contributed by atoms with E-state index in [2.05, 4.69) is 27.8 Å². The summed E-state index contributed by atoms with van der Waals surface area (Å²) in [5.41, 5.74) is 0.669. The Morgan fingerprint density at radius 1 is 1.44 bits per heavy atom. The molecule has 1 saturated carbocycles. The van der Waals surface area contributed by atoms with Gasteiger partial charge in [-0.3, -0.25) is 4.79 Å². The molecule has 3 nitrogen and oxygen atoms in total. The van der Waals surface area contributed by atoms with Gasteiger partial charge in [-0.25, -0.2) is 0 Å². The minimum atomic E-state index is 0.0978. The second-order valence-corrected chi connectivity index (χ2v) is 6.15. The van der Waals surface area contributed by atoms with E-state index in [0.29, 0.717) is 11.7 Å². The van der Waals surface area contributed by atoms with Crippen molar-refractivity contribution >= 4 is 21.8 Å². The predicted octanol–water partition coefficient (Wildman–Crippen LogP) is 3.82. The Morgan fingerprint density at radius 2 is 2.11 bits per heavy atom. The van der Waals surface area contributed by atoms with Crippen molar-refractivity contribution in [3.63, 3.8) is 0 Å². The molecule has 2 rings (SSSR count). The molecule has 1 aliphatic carbocycles. The highest BCUT2D eigenvalue weighted by atomic mass is 79.9. The van der Waals surface area contributed by atoms with Crippen molar-refractivity contribution in [3.8, 4) is 0 Å². The van der Waals surface area contributed by atoms with Gasteiger partial charge >= 0.3 is 0 Å². The Bertz CT molecular complexity index is 408. The molecule has 18 heavy (non-hydrogen) atoms. The van der Waals surface area contributed by atoms with Crippen LogP contribution in [0.3, 0.4) is 0 Å². The van der Waals surface area contributed by atoms with Gasteiger partial charge in [-0.05, 0) is 53.6 Å². The zero-order chi connectivity index (χ0) is 13.1. The minimum absolute atomic E-state index is 0.0978. The van der Waals surface area contributed by atoms with Gasteiger partial charge in [0.15, 0.2) is 0 Å². The number of rotatable bonds is 3. The van der Waals surface area contributed by atoms with Gasteiger partial charge < -0.3 is 9.88 Å². The van der Waals surface area contributed by atoms with Crippen LogP contribution in [-0.2, 0) is 0 Å². The Labute approximate surface area is 117 Å². The first-order valence-corrected chi connectivity index (χ1v) is 7.52. The maximum atomic E-state index is 12.3. The number of amides is 1. The van der Waals surface area contributed by atoms with E-state index in [4.69, 9.17) is 0 Å². The number of nitrogens with zero attached hydrogens (tertiary/aromatic N) is 1. The SMILES string of the molecule is CCC1CCC(N(C)C(=O)c2cc(Br)c[nH]2)CC1. The van der Waals surface area contributed by atoms with Crippen molar-refractivity contribution in [2.75, 3.05) is 7.05 Å². The number of hydrogen-bond acceptors (Lipinski definition) is 1. The van der Waals surface area contributed by atoms with E-state index in [0.717, 1.165) is 23.2 Å². The molecule has 1 fully saturated rings. The quantitative estimate of drug-likeness (QED) is 0.905. The number of halogens is 1. The van der Waals surface area contributed by atoms with Crippen molar-refractivity contribution in [2.45, 2.75) is 45.1 Å².